The van der Waals surface area contributed by atoms with Crippen molar-refractivity contribution in [2.24, 2.45) is 23.7 Å². The van der Waals surface area contributed by atoms with Gasteiger partial charge < -0.3 is 10.2 Å². The van der Waals surface area contributed by atoms with Gasteiger partial charge in [-0.3, -0.25) is 4.79 Å². The first kappa shape index (κ1) is 18.4. The Morgan fingerprint density at radius 2 is 2.09 bits per heavy atom. The van der Waals surface area contributed by atoms with Gasteiger partial charge in [-0.05, 0) is 57.3 Å². The minimum atomic E-state index is -0.468. The molecule has 0 aromatic heterocycles. The monoisotopic (exact) mass is 320 g/mol. The summed E-state index contributed by atoms with van der Waals surface area (Å²) in [5.74, 6) is 1.23. The molecule has 0 saturated heterocycles. The van der Waals surface area contributed by atoms with E-state index in [-0.39, 0.29) is 23.9 Å². The van der Waals surface area contributed by atoms with Crippen LogP contribution < -0.4 is 0 Å². The van der Waals surface area contributed by atoms with E-state index in [4.69, 9.17) is 0 Å². The van der Waals surface area contributed by atoms with Gasteiger partial charge in [0.05, 0.1) is 12.2 Å². The van der Waals surface area contributed by atoms with Gasteiger partial charge in [-0.1, -0.05) is 30.7 Å². The number of aliphatic hydroxyl groups is 2. The Morgan fingerprint density at radius 1 is 1.35 bits per heavy atom. The van der Waals surface area contributed by atoms with Crippen LogP contribution in [0.2, 0.25) is 0 Å². The third-order valence-electron chi connectivity index (χ3n) is 5.57. The van der Waals surface area contributed by atoms with Crippen LogP contribution >= 0.6 is 0 Å². The van der Waals surface area contributed by atoms with Crippen LogP contribution in [0.4, 0.5) is 0 Å². The standard InChI is InChI=1S/C20H32O3/c1-13(2)6-4-5-7-14(3)19(22)9-8-17-18-12-16(21)10-15(18)11-20(17)23/h6,8-9,14-15,17-20,22-23H,4-5,7,10-12H2,1-3H3. The van der Waals surface area contributed by atoms with Crippen LogP contribution in [0, 0.1) is 23.7 Å². The maximum atomic E-state index is 11.6. The maximum absolute atomic E-state index is 11.6. The number of fused-ring (bicyclic) bond motifs is 1. The largest absolute Gasteiger partial charge is 0.392 e. The predicted octanol–water partition coefficient (Wildman–Crippen LogP) is 3.65. The van der Waals surface area contributed by atoms with Gasteiger partial charge in [-0.2, -0.15) is 0 Å². The molecular weight excluding hydrogens is 288 g/mol. The molecule has 0 amide bonds. The molecule has 2 aliphatic rings. The fraction of sp³-hybridized carbons (Fsp3) is 0.750. The van der Waals surface area contributed by atoms with E-state index >= 15 is 0 Å². The number of Topliss-reactive ketones (excluding diaryl/α,β-unsaturated/α-hetero) is 1. The number of rotatable bonds is 7. The van der Waals surface area contributed by atoms with Gasteiger partial charge in [0.2, 0.25) is 0 Å². The normalized spacial score (nSPS) is 33.0. The molecule has 2 rings (SSSR count). The second-order valence-corrected chi connectivity index (χ2v) is 7.82. The van der Waals surface area contributed by atoms with E-state index in [1.807, 2.05) is 12.2 Å². The first-order valence-electron chi connectivity index (χ1n) is 9.08. The lowest BCUT2D eigenvalue weighted by Gasteiger charge is -2.19. The minimum Gasteiger partial charge on any atom is -0.392 e. The summed E-state index contributed by atoms with van der Waals surface area (Å²) in [7, 11) is 0. The van der Waals surface area contributed by atoms with Gasteiger partial charge in [0.15, 0.2) is 0 Å². The first-order chi connectivity index (χ1) is 10.9. The Labute approximate surface area is 140 Å². The van der Waals surface area contributed by atoms with Crippen molar-refractivity contribution in [2.75, 3.05) is 0 Å². The summed E-state index contributed by atoms with van der Waals surface area (Å²) >= 11 is 0. The average molecular weight is 320 g/mol. The van der Waals surface area contributed by atoms with Crippen molar-refractivity contribution in [3.63, 3.8) is 0 Å². The van der Waals surface area contributed by atoms with Gasteiger partial charge in [0, 0.05) is 18.8 Å². The fourth-order valence-corrected chi connectivity index (χ4v) is 4.12. The van der Waals surface area contributed by atoms with Crippen LogP contribution in [0.1, 0.15) is 59.3 Å². The number of aliphatic hydroxyl groups excluding tert-OH is 2. The lowest BCUT2D eigenvalue weighted by molar-refractivity contribution is -0.118. The molecule has 2 N–H and O–H groups in total. The minimum absolute atomic E-state index is 0.0407. The quantitative estimate of drug-likeness (QED) is 0.556. The van der Waals surface area contributed by atoms with Crippen LogP contribution in [-0.2, 0) is 4.79 Å². The summed E-state index contributed by atoms with van der Waals surface area (Å²) in [6, 6.07) is 0. The highest BCUT2D eigenvalue weighted by Gasteiger charge is 2.46. The number of hydrogen-bond acceptors (Lipinski definition) is 3. The van der Waals surface area contributed by atoms with Crippen LogP contribution in [0.5, 0.6) is 0 Å². The lowest BCUT2D eigenvalue weighted by atomic mass is 9.89. The van der Waals surface area contributed by atoms with E-state index in [0.29, 0.717) is 24.5 Å². The van der Waals surface area contributed by atoms with Crippen molar-refractivity contribution in [3.8, 4) is 0 Å². The molecule has 0 spiro atoms. The first-order valence-corrected chi connectivity index (χ1v) is 9.08. The van der Waals surface area contributed by atoms with E-state index in [2.05, 4.69) is 26.8 Å². The molecule has 0 bridgehead atoms. The molecule has 6 atom stereocenters. The Balaban J connectivity index is 1.81. The number of ketones is 1. The van der Waals surface area contributed by atoms with Crippen molar-refractivity contribution in [2.45, 2.75) is 71.5 Å². The van der Waals surface area contributed by atoms with Crippen molar-refractivity contribution in [1.29, 1.82) is 0 Å². The molecule has 0 aromatic carbocycles. The van der Waals surface area contributed by atoms with Gasteiger partial charge in [-0.25, -0.2) is 0 Å². The number of hydrogen-bond donors (Lipinski definition) is 2. The van der Waals surface area contributed by atoms with Gasteiger partial charge in [0.1, 0.15) is 5.78 Å². The zero-order chi connectivity index (χ0) is 17.0. The van der Waals surface area contributed by atoms with E-state index in [1.165, 1.54) is 5.57 Å². The Kier molecular flexibility index (Phi) is 6.60. The van der Waals surface area contributed by atoms with Crippen LogP contribution in [-0.4, -0.2) is 28.2 Å². The molecule has 2 fully saturated rings. The topological polar surface area (TPSA) is 57.5 Å². The molecule has 2 aliphatic carbocycles. The molecule has 130 valence electrons. The Hall–Kier alpha value is -0.930. The third kappa shape index (κ3) is 5.02. The average Bonchev–Trinajstić information content (AvgIpc) is 2.95. The summed E-state index contributed by atoms with van der Waals surface area (Å²) in [5, 5.41) is 20.5. The van der Waals surface area contributed by atoms with Gasteiger partial charge in [0.25, 0.3) is 0 Å². The molecule has 3 nitrogen and oxygen atoms in total. The Morgan fingerprint density at radius 3 is 2.78 bits per heavy atom. The number of allylic oxidation sites excluding steroid dienone is 2. The summed E-state index contributed by atoms with van der Waals surface area (Å²) in [6.07, 6.45) is 10.4. The van der Waals surface area contributed by atoms with Gasteiger partial charge in [-0.15, -0.1) is 0 Å². The predicted molar refractivity (Wildman–Crippen MR) is 92.9 cm³/mol. The van der Waals surface area contributed by atoms with Crippen molar-refractivity contribution in [1.82, 2.24) is 0 Å². The second-order valence-electron chi connectivity index (χ2n) is 7.82. The van der Waals surface area contributed by atoms with E-state index in [1.54, 1.807) is 0 Å². The van der Waals surface area contributed by atoms with E-state index in [9.17, 15) is 15.0 Å². The molecular formula is C20H32O3. The van der Waals surface area contributed by atoms with Crippen molar-refractivity contribution >= 4 is 5.78 Å². The SMILES string of the molecule is CC(C)=CCCCC(C)C(O)C=CC1C(O)CC2CC(=O)CC21. The molecule has 0 heterocycles. The molecule has 0 radical (unpaired) electrons. The summed E-state index contributed by atoms with van der Waals surface area (Å²) in [4.78, 5) is 11.6. The zero-order valence-corrected chi connectivity index (χ0v) is 14.7. The van der Waals surface area contributed by atoms with Crippen LogP contribution in [0.25, 0.3) is 0 Å². The Bertz CT molecular complexity index is 462. The second kappa shape index (κ2) is 8.25. The molecule has 0 aromatic rings. The number of carbonyl (C=O) groups excluding carboxylic acids is 1. The smallest absolute Gasteiger partial charge is 0.133 e. The molecule has 2 saturated carbocycles. The third-order valence-corrected chi connectivity index (χ3v) is 5.57. The molecule has 6 unspecified atom stereocenters. The van der Waals surface area contributed by atoms with Gasteiger partial charge >= 0.3 is 0 Å². The van der Waals surface area contributed by atoms with Crippen LogP contribution in [0.3, 0.4) is 0 Å². The van der Waals surface area contributed by atoms with E-state index in [0.717, 1.165) is 25.7 Å². The summed E-state index contributed by atoms with van der Waals surface area (Å²) in [6.45, 7) is 6.29. The molecule has 3 heteroatoms. The molecule has 0 aliphatic heterocycles. The van der Waals surface area contributed by atoms with Crippen LogP contribution in [0.15, 0.2) is 23.8 Å². The highest BCUT2D eigenvalue weighted by atomic mass is 16.3. The summed E-state index contributed by atoms with van der Waals surface area (Å²) in [5.41, 5.74) is 1.34. The fourth-order valence-electron chi connectivity index (χ4n) is 4.12. The maximum Gasteiger partial charge on any atom is 0.133 e. The highest BCUT2D eigenvalue weighted by molar-refractivity contribution is 5.81. The van der Waals surface area contributed by atoms with E-state index < -0.39 is 6.10 Å². The molecule has 23 heavy (non-hydrogen) atoms. The summed E-state index contributed by atoms with van der Waals surface area (Å²) < 4.78 is 0. The highest BCUT2D eigenvalue weighted by Crippen LogP contribution is 2.46. The number of carbonyl (C=O) groups is 1. The number of unbranched alkanes of at least 4 members (excludes halogenated alkanes) is 1. The zero-order valence-electron chi connectivity index (χ0n) is 14.7. The van der Waals surface area contributed by atoms with Crippen molar-refractivity contribution < 1.29 is 15.0 Å². The lowest BCUT2D eigenvalue weighted by Crippen LogP contribution is -2.20. The van der Waals surface area contributed by atoms with Crippen molar-refractivity contribution in [3.05, 3.63) is 23.8 Å².